The van der Waals surface area contributed by atoms with Gasteiger partial charge in [-0.1, -0.05) is 6.92 Å². The Hall–Kier alpha value is -1.64. The molecule has 7 heteroatoms. The Labute approximate surface area is 159 Å². The third-order valence-electron chi connectivity index (χ3n) is 3.63. The summed E-state index contributed by atoms with van der Waals surface area (Å²) in [6.45, 7) is 5.00. The molecule has 2 N–H and O–H groups in total. The molecule has 5 nitrogen and oxygen atoms in total. The molecular weight excluding hydrogens is 420 g/mol. The number of nitrogens with one attached hydrogen (secondary N) is 2. The van der Waals surface area contributed by atoms with Gasteiger partial charge in [0.25, 0.3) is 0 Å². The Morgan fingerprint density at radius 1 is 1.29 bits per heavy atom. The predicted octanol–water partition coefficient (Wildman–Crippen LogP) is 3.14. The maximum absolute atomic E-state index is 12.9. The first-order chi connectivity index (χ1) is 11.1. The van der Waals surface area contributed by atoms with E-state index in [1.807, 2.05) is 12.3 Å². The van der Waals surface area contributed by atoms with Crippen LogP contribution in [0.2, 0.25) is 0 Å². The zero-order valence-electron chi connectivity index (χ0n) is 14.3. The van der Waals surface area contributed by atoms with Crippen LogP contribution in [0.4, 0.5) is 4.39 Å². The minimum absolute atomic E-state index is 0. The summed E-state index contributed by atoms with van der Waals surface area (Å²) in [5, 5.41) is 11.1. The number of guanidine groups is 1. The number of halogens is 2. The molecule has 2 aromatic rings. The van der Waals surface area contributed by atoms with E-state index in [1.54, 1.807) is 23.9 Å². The van der Waals surface area contributed by atoms with Crippen molar-refractivity contribution in [2.45, 2.75) is 32.7 Å². The molecular formula is C17H25FIN5. The summed E-state index contributed by atoms with van der Waals surface area (Å²) < 4.78 is 14.7. The summed E-state index contributed by atoms with van der Waals surface area (Å²) in [5.41, 5.74) is 1.82. The van der Waals surface area contributed by atoms with E-state index in [2.05, 4.69) is 34.6 Å². The summed E-state index contributed by atoms with van der Waals surface area (Å²) >= 11 is 0. The molecule has 0 bridgehead atoms. The van der Waals surface area contributed by atoms with E-state index in [1.165, 1.54) is 12.1 Å². The molecule has 0 aliphatic rings. The average Bonchev–Trinajstić information content (AvgIpc) is 3.03. The van der Waals surface area contributed by atoms with Crippen molar-refractivity contribution in [1.82, 2.24) is 20.4 Å². The summed E-state index contributed by atoms with van der Waals surface area (Å²) in [5.74, 6) is 0.558. The van der Waals surface area contributed by atoms with E-state index in [0.717, 1.165) is 36.7 Å². The van der Waals surface area contributed by atoms with Gasteiger partial charge in [-0.2, -0.15) is 5.10 Å². The fraction of sp³-hybridized carbons (Fsp3) is 0.412. The Balaban J connectivity index is 0.00000288. The zero-order valence-corrected chi connectivity index (χ0v) is 16.6. The first-order valence-electron chi connectivity index (χ1n) is 7.90. The molecule has 1 atom stereocenters. The molecule has 0 spiro atoms. The van der Waals surface area contributed by atoms with Gasteiger partial charge in [-0.05, 0) is 43.7 Å². The number of nitrogens with zero attached hydrogens (tertiary/aromatic N) is 3. The third-order valence-corrected chi connectivity index (χ3v) is 3.63. The molecule has 24 heavy (non-hydrogen) atoms. The number of benzene rings is 1. The lowest BCUT2D eigenvalue weighted by Crippen LogP contribution is -2.42. The molecule has 0 saturated heterocycles. The van der Waals surface area contributed by atoms with Gasteiger partial charge in [-0.25, -0.2) is 9.07 Å². The first-order valence-corrected chi connectivity index (χ1v) is 7.90. The van der Waals surface area contributed by atoms with Crippen LogP contribution in [-0.4, -0.2) is 35.4 Å². The van der Waals surface area contributed by atoms with Gasteiger partial charge in [-0.3, -0.25) is 4.99 Å². The molecule has 132 valence electrons. The molecule has 0 radical (unpaired) electrons. The van der Waals surface area contributed by atoms with E-state index in [4.69, 9.17) is 0 Å². The maximum atomic E-state index is 12.9. The molecule has 0 aliphatic carbocycles. The SMILES string of the molecule is CCC(C)NC(=NC)NCCc1ccn(-c2ccc(F)cc2)n1.I. The lowest BCUT2D eigenvalue weighted by Gasteiger charge is -2.16. The van der Waals surface area contributed by atoms with Crippen molar-refractivity contribution in [3.8, 4) is 5.69 Å². The van der Waals surface area contributed by atoms with Crippen molar-refractivity contribution < 1.29 is 4.39 Å². The highest BCUT2D eigenvalue weighted by molar-refractivity contribution is 14.0. The van der Waals surface area contributed by atoms with Crippen molar-refractivity contribution in [3.63, 3.8) is 0 Å². The smallest absolute Gasteiger partial charge is 0.191 e. The predicted molar refractivity (Wildman–Crippen MR) is 107 cm³/mol. The summed E-state index contributed by atoms with van der Waals surface area (Å²) in [7, 11) is 1.76. The lowest BCUT2D eigenvalue weighted by atomic mass is 10.3. The van der Waals surface area contributed by atoms with E-state index in [9.17, 15) is 4.39 Å². The largest absolute Gasteiger partial charge is 0.356 e. The molecule has 1 aromatic heterocycles. The minimum atomic E-state index is -0.245. The highest BCUT2D eigenvalue weighted by atomic mass is 127. The summed E-state index contributed by atoms with van der Waals surface area (Å²) in [4.78, 5) is 4.20. The second-order valence-electron chi connectivity index (χ2n) is 5.43. The molecule has 0 saturated carbocycles. The van der Waals surface area contributed by atoms with Crippen LogP contribution >= 0.6 is 24.0 Å². The molecule has 1 unspecified atom stereocenters. The number of aromatic nitrogens is 2. The fourth-order valence-corrected chi connectivity index (χ4v) is 2.07. The van der Waals surface area contributed by atoms with Crippen molar-refractivity contribution >= 4 is 29.9 Å². The fourth-order valence-electron chi connectivity index (χ4n) is 2.07. The third kappa shape index (κ3) is 6.10. The number of rotatable bonds is 6. The number of hydrogen-bond acceptors (Lipinski definition) is 2. The van der Waals surface area contributed by atoms with Gasteiger partial charge in [-0.15, -0.1) is 24.0 Å². The Kier molecular flexibility index (Phi) is 8.73. The topological polar surface area (TPSA) is 54.2 Å². The standard InChI is InChI=1S/C17H24FN5.HI/c1-4-13(2)21-17(19-3)20-11-9-15-10-12-23(22-15)16-7-5-14(18)6-8-16;/h5-8,10,12-13H,4,9,11H2,1-3H3,(H2,19,20,21);1H. The monoisotopic (exact) mass is 445 g/mol. The van der Waals surface area contributed by atoms with Gasteiger partial charge < -0.3 is 10.6 Å². The zero-order chi connectivity index (χ0) is 16.7. The van der Waals surface area contributed by atoms with Gasteiger partial charge in [0.15, 0.2) is 5.96 Å². The molecule has 0 amide bonds. The highest BCUT2D eigenvalue weighted by Gasteiger charge is 2.04. The van der Waals surface area contributed by atoms with Gasteiger partial charge >= 0.3 is 0 Å². The number of hydrogen-bond donors (Lipinski definition) is 2. The van der Waals surface area contributed by atoms with Crippen molar-refractivity contribution in [2.75, 3.05) is 13.6 Å². The Bertz CT molecular complexity index is 639. The van der Waals surface area contributed by atoms with E-state index < -0.39 is 0 Å². The van der Waals surface area contributed by atoms with E-state index in [0.29, 0.717) is 6.04 Å². The molecule has 1 heterocycles. The van der Waals surface area contributed by atoms with Crippen LogP contribution in [0.15, 0.2) is 41.5 Å². The first kappa shape index (κ1) is 20.4. The Morgan fingerprint density at radius 3 is 2.62 bits per heavy atom. The lowest BCUT2D eigenvalue weighted by molar-refractivity contribution is 0.623. The molecule has 0 fully saturated rings. The van der Waals surface area contributed by atoms with Gasteiger partial charge in [0, 0.05) is 32.3 Å². The van der Waals surface area contributed by atoms with Crippen molar-refractivity contribution in [3.05, 3.63) is 48.0 Å². The Morgan fingerprint density at radius 2 is 2.00 bits per heavy atom. The minimum Gasteiger partial charge on any atom is -0.356 e. The second kappa shape index (κ2) is 10.3. The van der Waals surface area contributed by atoms with Crippen molar-refractivity contribution in [1.29, 1.82) is 0 Å². The van der Waals surface area contributed by atoms with Gasteiger partial charge in [0.1, 0.15) is 5.82 Å². The van der Waals surface area contributed by atoms with Crippen LogP contribution in [0.5, 0.6) is 0 Å². The van der Waals surface area contributed by atoms with Crippen LogP contribution in [0.3, 0.4) is 0 Å². The average molecular weight is 445 g/mol. The summed E-state index contributed by atoms with van der Waals surface area (Å²) in [6.07, 6.45) is 3.72. The molecule has 1 aromatic carbocycles. The number of aliphatic imine (C=N–C) groups is 1. The van der Waals surface area contributed by atoms with Crippen LogP contribution in [0.25, 0.3) is 5.69 Å². The van der Waals surface area contributed by atoms with Crippen LogP contribution in [0.1, 0.15) is 26.0 Å². The quantitative estimate of drug-likeness (QED) is 0.408. The van der Waals surface area contributed by atoms with E-state index >= 15 is 0 Å². The van der Waals surface area contributed by atoms with E-state index in [-0.39, 0.29) is 29.8 Å². The summed E-state index contributed by atoms with van der Waals surface area (Å²) in [6, 6.07) is 8.64. The maximum Gasteiger partial charge on any atom is 0.191 e. The van der Waals surface area contributed by atoms with Crippen molar-refractivity contribution in [2.24, 2.45) is 4.99 Å². The van der Waals surface area contributed by atoms with Crippen LogP contribution in [-0.2, 0) is 6.42 Å². The molecule has 0 aliphatic heterocycles. The van der Waals surface area contributed by atoms with Gasteiger partial charge in [0.2, 0.25) is 0 Å². The van der Waals surface area contributed by atoms with Crippen LogP contribution < -0.4 is 10.6 Å². The highest BCUT2D eigenvalue weighted by Crippen LogP contribution is 2.09. The van der Waals surface area contributed by atoms with Gasteiger partial charge in [0.05, 0.1) is 11.4 Å². The van der Waals surface area contributed by atoms with Crippen LogP contribution in [0, 0.1) is 5.82 Å². The molecule has 2 rings (SSSR count). The second-order valence-corrected chi connectivity index (χ2v) is 5.43. The normalized spacial score (nSPS) is 12.4.